The van der Waals surface area contributed by atoms with Crippen molar-refractivity contribution in [2.24, 2.45) is 0 Å². The van der Waals surface area contributed by atoms with Crippen molar-refractivity contribution >= 4 is 5.97 Å². The lowest BCUT2D eigenvalue weighted by atomic mass is 10.2. The summed E-state index contributed by atoms with van der Waals surface area (Å²) in [6, 6.07) is -0.434. The number of aromatic nitrogens is 2. The molecule has 0 bridgehead atoms. The Morgan fingerprint density at radius 2 is 2.00 bits per heavy atom. The average molecular weight is 293 g/mol. The molecule has 20 heavy (non-hydrogen) atoms. The maximum absolute atomic E-state index is 12.3. The highest BCUT2D eigenvalue weighted by atomic mass is 19.4. The van der Waals surface area contributed by atoms with Gasteiger partial charge in [0.2, 0.25) is 5.82 Å². The molecule has 0 amide bonds. The van der Waals surface area contributed by atoms with Crippen molar-refractivity contribution in [3.63, 3.8) is 0 Å². The second-order valence-electron chi connectivity index (χ2n) is 4.01. The maximum atomic E-state index is 12.3. The third-order valence-corrected chi connectivity index (χ3v) is 2.52. The summed E-state index contributed by atoms with van der Waals surface area (Å²) >= 11 is 0. The molecule has 0 aliphatic heterocycles. The van der Waals surface area contributed by atoms with Crippen LogP contribution in [0.2, 0.25) is 0 Å². The molecular weight excluding hydrogens is 279 g/mol. The molecule has 0 aliphatic rings. The van der Waals surface area contributed by atoms with Gasteiger partial charge >= 0.3 is 12.1 Å². The van der Waals surface area contributed by atoms with Crippen LogP contribution in [0.4, 0.5) is 13.2 Å². The molecule has 1 unspecified atom stereocenters. The van der Waals surface area contributed by atoms with Gasteiger partial charge in [0.25, 0.3) is 0 Å². The molecule has 1 aromatic rings. The lowest BCUT2D eigenvalue weighted by Gasteiger charge is -2.16. The first-order valence-corrected chi connectivity index (χ1v) is 5.64. The Labute approximate surface area is 113 Å². The lowest BCUT2D eigenvalue weighted by Crippen LogP contribution is -2.35. The molecule has 9 heteroatoms. The van der Waals surface area contributed by atoms with E-state index in [1.54, 1.807) is 6.92 Å². The molecule has 0 spiro atoms. The molecule has 0 saturated heterocycles. The number of carbonyl (C=O) groups is 1. The minimum Gasteiger partial charge on any atom is -0.467 e. The number of alkyl halides is 3. The topological polar surface area (TPSA) is 84.3 Å². The Balaban J connectivity index is 2.60. The smallest absolute Gasteiger partial charge is 0.451 e. The number of hydrogen-bond acceptors (Lipinski definition) is 6. The van der Waals surface area contributed by atoms with Crippen LogP contribution in [0.5, 0.6) is 0 Å². The molecule has 6 nitrogen and oxygen atoms in total. The predicted molar refractivity (Wildman–Crippen MR) is 61.5 cm³/mol. The number of rotatable bonds is 5. The van der Waals surface area contributed by atoms with E-state index in [0.717, 1.165) is 19.5 Å². The van der Waals surface area contributed by atoms with Crippen LogP contribution in [0, 0.1) is 0 Å². The first kappa shape index (κ1) is 16.3. The average Bonchev–Trinajstić information content (AvgIpc) is 2.42. The van der Waals surface area contributed by atoms with Crippen LogP contribution in [0.3, 0.4) is 0 Å². The van der Waals surface area contributed by atoms with Crippen molar-refractivity contribution in [2.45, 2.75) is 25.2 Å². The van der Waals surface area contributed by atoms with E-state index in [0.29, 0.717) is 5.56 Å². The number of aliphatic hydroxyl groups is 1. The number of esters is 1. The first-order chi connectivity index (χ1) is 9.25. The standard InChI is InChI=1S/C11H14F3N3O3/c1-6(15-5-8(18)9(19)20-2)7-3-16-10(17-4-7)11(12,13)14/h3-4,6,8,15,18H,5H2,1-2H3/t6-,8?/m0/s1. The molecule has 2 atom stereocenters. The number of ether oxygens (including phenoxy) is 1. The number of halogens is 3. The van der Waals surface area contributed by atoms with E-state index in [9.17, 15) is 23.1 Å². The van der Waals surface area contributed by atoms with E-state index in [1.165, 1.54) is 0 Å². The number of aliphatic hydroxyl groups excluding tert-OH is 1. The van der Waals surface area contributed by atoms with Gasteiger partial charge in [0, 0.05) is 30.5 Å². The second kappa shape index (κ2) is 6.62. The summed E-state index contributed by atoms with van der Waals surface area (Å²) in [5, 5.41) is 12.1. The van der Waals surface area contributed by atoms with Crippen molar-refractivity contribution < 1.29 is 27.8 Å². The van der Waals surface area contributed by atoms with Crippen molar-refractivity contribution in [2.75, 3.05) is 13.7 Å². The Hall–Kier alpha value is -1.74. The molecule has 1 aromatic heterocycles. The van der Waals surface area contributed by atoms with Gasteiger partial charge in [0.05, 0.1) is 7.11 Å². The van der Waals surface area contributed by atoms with Crippen LogP contribution in [0.15, 0.2) is 12.4 Å². The molecule has 1 rings (SSSR count). The molecular formula is C11H14F3N3O3. The second-order valence-corrected chi connectivity index (χ2v) is 4.01. The van der Waals surface area contributed by atoms with Crippen LogP contribution in [-0.2, 0) is 15.7 Å². The fraction of sp³-hybridized carbons (Fsp3) is 0.545. The third kappa shape index (κ3) is 4.42. The van der Waals surface area contributed by atoms with Crippen molar-refractivity contribution in [1.82, 2.24) is 15.3 Å². The molecule has 0 radical (unpaired) electrons. The summed E-state index contributed by atoms with van der Waals surface area (Å²) in [5.74, 6) is -2.02. The molecule has 0 aliphatic carbocycles. The molecule has 2 N–H and O–H groups in total. The van der Waals surface area contributed by atoms with Gasteiger partial charge in [0.15, 0.2) is 6.10 Å². The van der Waals surface area contributed by atoms with Gasteiger partial charge < -0.3 is 15.2 Å². The van der Waals surface area contributed by atoms with Gasteiger partial charge in [0.1, 0.15) is 0 Å². The first-order valence-electron chi connectivity index (χ1n) is 5.64. The predicted octanol–water partition coefficient (Wildman–Crippen LogP) is 0.680. The van der Waals surface area contributed by atoms with Crippen LogP contribution in [-0.4, -0.2) is 40.8 Å². The van der Waals surface area contributed by atoms with Gasteiger partial charge in [-0.2, -0.15) is 13.2 Å². The highest BCUT2D eigenvalue weighted by Gasteiger charge is 2.34. The van der Waals surface area contributed by atoms with Crippen LogP contribution in [0.25, 0.3) is 0 Å². The van der Waals surface area contributed by atoms with Crippen molar-refractivity contribution in [1.29, 1.82) is 0 Å². The minimum atomic E-state index is -4.59. The van der Waals surface area contributed by atoms with Gasteiger partial charge in [-0.3, -0.25) is 0 Å². The zero-order valence-electron chi connectivity index (χ0n) is 10.8. The fourth-order valence-corrected chi connectivity index (χ4v) is 1.33. The summed E-state index contributed by atoms with van der Waals surface area (Å²) in [5.41, 5.74) is 0.398. The normalized spacial score (nSPS) is 14.7. The zero-order valence-corrected chi connectivity index (χ0v) is 10.8. The SMILES string of the molecule is COC(=O)C(O)CN[C@@H](C)c1cnc(C(F)(F)F)nc1. The monoisotopic (exact) mass is 293 g/mol. The number of nitrogens with one attached hydrogen (secondary N) is 1. The van der Waals surface area contributed by atoms with Gasteiger partial charge in [-0.15, -0.1) is 0 Å². The van der Waals surface area contributed by atoms with E-state index < -0.39 is 30.1 Å². The summed E-state index contributed by atoms with van der Waals surface area (Å²) in [4.78, 5) is 17.4. The highest BCUT2D eigenvalue weighted by molar-refractivity contribution is 5.74. The summed E-state index contributed by atoms with van der Waals surface area (Å²) in [6.07, 6.45) is -3.86. The number of hydrogen-bond donors (Lipinski definition) is 2. The quantitative estimate of drug-likeness (QED) is 0.777. The number of carbonyl (C=O) groups excluding carboxylic acids is 1. The summed E-state index contributed by atoms with van der Waals surface area (Å²) in [7, 11) is 1.14. The van der Waals surface area contributed by atoms with Gasteiger partial charge in [-0.25, -0.2) is 14.8 Å². The maximum Gasteiger partial charge on any atom is 0.451 e. The highest BCUT2D eigenvalue weighted by Crippen LogP contribution is 2.25. The molecule has 1 heterocycles. The Kier molecular flexibility index (Phi) is 5.40. The van der Waals surface area contributed by atoms with E-state index in [2.05, 4.69) is 20.0 Å². The molecule has 0 aromatic carbocycles. The largest absolute Gasteiger partial charge is 0.467 e. The Morgan fingerprint density at radius 1 is 1.45 bits per heavy atom. The third-order valence-electron chi connectivity index (χ3n) is 2.52. The summed E-state index contributed by atoms with van der Waals surface area (Å²) in [6.45, 7) is 1.53. The summed E-state index contributed by atoms with van der Waals surface area (Å²) < 4.78 is 41.2. The van der Waals surface area contributed by atoms with E-state index in [-0.39, 0.29) is 6.54 Å². The van der Waals surface area contributed by atoms with Crippen LogP contribution >= 0.6 is 0 Å². The van der Waals surface area contributed by atoms with Crippen molar-refractivity contribution in [3.8, 4) is 0 Å². The van der Waals surface area contributed by atoms with Crippen LogP contribution in [0.1, 0.15) is 24.4 Å². The minimum absolute atomic E-state index is 0.102. The number of nitrogens with zero attached hydrogens (tertiary/aromatic N) is 2. The van der Waals surface area contributed by atoms with E-state index in [4.69, 9.17) is 0 Å². The van der Waals surface area contributed by atoms with E-state index >= 15 is 0 Å². The Morgan fingerprint density at radius 3 is 2.45 bits per heavy atom. The molecule has 0 saturated carbocycles. The lowest BCUT2D eigenvalue weighted by molar-refractivity contribution is -0.150. The van der Waals surface area contributed by atoms with Crippen LogP contribution < -0.4 is 5.32 Å². The van der Waals surface area contributed by atoms with Crippen molar-refractivity contribution in [3.05, 3.63) is 23.8 Å². The van der Waals surface area contributed by atoms with E-state index in [1.807, 2.05) is 0 Å². The molecule has 0 fully saturated rings. The fourth-order valence-electron chi connectivity index (χ4n) is 1.33. The van der Waals surface area contributed by atoms with Gasteiger partial charge in [-0.05, 0) is 6.92 Å². The number of methoxy groups -OCH3 is 1. The van der Waals surface area contributed by atoms with Gasteiger partial charge in [-0.1, -0.05) is 0 Å². The zero-order chi connectivity index (χ0) is 15.3. The molecule has 112 valence electrons. The Bertz CT molecular complexity index is 450.